The van der Waals surface area contributed by atoms with E-state index in [9.17, 15) is 20.4 Å². The van der Waals surface area contributed by atoms with Gasteiger partial charge in [0.25, 0.3) is 0 Å². The molecular weight excluding hydrogens is 773 g/mol. The van der Waals surface area contributed by atoms with Gasteiger partial charge < -0.3 is 48.8 Å². The predicted octanol–water partition coefficient (Wildman–Crippen LogP) is 6.02. The van der Waals surface area contributed by atoms with Crippen LogP contribution in [-0.4, -0.2) is 94.7 Å². The zero-order chi connectivity index (χ0) is 42.2. The van der Waals surface area contributed by atoms with Crippen LogP contribution < -0.4 is 0 Å². The maximum Gasteiger partial charge on any atom is 0.147 e. The van der Waals surface area contributed by atoms with E-state index >= 15 is 0 Å². The maximum atomic E-state index is 10.5. The van der Waals surface area contributed by atoms with Gasteiger partial charge in [-0.15, -0.1) is 0 Å². The average molecular weight is 827 g/mol. The highest BCUT2D eigenvalue weighted by molar-refractivity contribution is 5.53. The van der Waals surface area contributed by atoms with Crippen LogP contribution in [0.5, 0.6) is 0 Å². The van der Waals surface area contributed by atoms with Crippen LogP contribution in [0, 0.1) is 11.8 Å². The fourth-order valence-electron chi connectivity index (χ4n) is 7.49. The lowest BCUT2D eigenvalue weighted by molar-refractivity contribution is -0.261. The number of hydrogen-bond acceptors (Lipinski definition) is 10. The van der Waals surface area contributed by atoms with Crippen LogP contribution in [0.25, 0.3) is 6.08 Å². The van der Waals surface area contributed by atoms with Crippen LogP contribution in [0.15, 0.2) is 152 Å². The Balaban J connectivity index is 1.17. The van der Waals surface area contributed by atoms with Gasteiger partial charge >= 0.3 is 0 Å². The highest BCUT2D eigenvalue weighted by atomic mass is 16.6. The van der Waals surface area contributed by atoms with Crippen molar-refractivity contribution < 1.29 is 48.8 Å². The van der Waals surface area contributed by atoms with E-state index in [1.54, 1.807) is 0 Å². The molecule has 318 valence electrons. The summed E-state index contributed by atoms with van der Waals surface area (Å²) in [4.78, 5) is 0. The molecule has 5 aromatic carbocycles. The van der Waals surface area contributed by atoms with Crippen LogP contribution in [0.3, 0.4) is 0 Å². The van der Waals surface area contributed by atoms with E-state index in [4.69, 9.17) is 28.4 Å². The molecular formula is C51H54O10. The monoisotopic (exact) mass is 826 g/mol. The summed E-state index contributed by atoms with van der Waals surface area (Å²) in [7, 11) is 0. The van der Waals surface area contributed by atoms with Crippen molar-refractivity contribution in [2.45, 2.75) is 93.9 Å². The second-order valence-electron chi connectivity index (χ2n) is 15.3. The van der Waals surface area contributed by atoms with Gasteiger partial charge in [0.15, 0.2) is 0 Å². The normalized spacial score (nSPS) is 26.4. The minimum Gasteiger partial charge on any atom is -0.394 e. The number of rotatable bonds is 17. The fourth-order valence-corrected chi connectivity index (χ4v) is 7.49. The first-order valence-corrected chi connectivity index (χ1v) is 20.8. The van der Waals surface area contributed by atoms with Crippen molar-refractivity contribution in [3.8, 4) is 11.8 Å². The molecule has 10 heteroatoms. The molecule has 5 aromatic rings. The summed E-state index contributed by atoms with van der Waals surface area (Å²) in [5.74, 6) is 6.75. The van der Waals surface area contributed by atoms with Gasteiger partial charge in [0.2, 0.25) is 0 Å². The molecule has 61 heavy (non-hydrogen) atoms. The molecule has 0 saturated carbocycles. The Morgan fingerprint density at radius 2 is 1.05 bits per heavy atom. The third-order valence-corrected chi connectivity index (χ3v) is 10.8. The molecule has 2 aliphatic rings. The van der Waals surface area contributed by atoms with Crippen LogP contribution in [-0.2, 0) is 54.8 Å². The van der Waals surface area contributed by atoms with Gasteiger partial charge in [0.05, 0.1) is 45.7 Å². The summed E-state index contributed by atoms with van der Waals surface area (Å²) in [6.07, 6.45) is -5.10. The third kappa shape index (κ3) is 12.5. The van der Waals surface area contributed by atoms with Gasteiger partial charge in [-0.25, -0.2) is 0 Å². The molecule has 4 N–H and O–H groups in total. The van der Waals surface area contributed by atoms with Gasteiger partial charge in [-0.2, -0.15) is 0 Å². The molecule has 0 radical (unpaired) electrons. The minimum absolute atomic E-state index is 0.220. The molecule has 2 heterocycles. The topological polar surface area (TPSA) is 136 Å². The minimum atomic E-state index is -1.42. The Bertz CT molecular complexity index is 2120. The van der Waals surface area contributed by atoms with Gasteiger partial charge in [-0.05, 0) is 46.4 Å². The first kappa shape index (κ1) is 44.1. The highest BCUT2D eigenvalue weighted by Crippen LogP contribution is 2.31. The van der Waals surface area contributed by atoms with Gasteiger partial charge in [0, 0.05) is 5.56 Å². The van der Waals surface area contributed by atoms with Crippen LogP contribution in [0.2, 0.25) is 0 Å². The summed E-state index contributed by atoms with van der Waals surface area (Å²) in [6, 6.07) is 47.7. The van der Waals surface area contributed by atoms with E-state index in [1.807, 2.05) is 158 Å². The average Bonchev–Trinajstić information content (AvgIpc) is 3.30. The highest BCUT2D eigenvalue weighted by Gasteiger charge is 2.48. The molecule has 2 fully saturated rings. The molecule has 0 amide bonds. The Hall–Kier alpha value is -5.00. The number of aliphatic hydroxyl groups is 4. The number of benzene rings is 5. The van der Waals surface area contributed by atoms with Crippen LogP contribution in [0.1, 0.15) is 39.8 Å². The third-order valence-electron chi connectivity index (χ3n) is 10.8. The van der Waals surface area contributed by atoms with E-state index < -0.39 is 67.6 Å². The molecule has 2 aliphatic heterocycles. The van der Waals surface area contributed by atoms with Gasteiger partial charge in [0.1, 0.15) is 54.9 Å². The summed E-state index contributed by atoms with van der Waals surface area (Å²) in [5.41, 5.74) is 5.64. The second-order valence-corrected chi connectivity index (χ2v) is 15.3. The fraction of sp³-hybridized carbons (Fsp3) is 0.333. The number of aliphatic hydroxyl groups excluding tert-OH is 4. The Morgan fingerprint density at radius 1 is 0.525 bits per heavy atom. The second kappa shape index (κ2) is 22.7. The Morgan fingerprint density at radius 3 is 1.62 bits per heavy atom. The first-order chi connectivity index (χ1) is 29.9. The van der Waals surface area contributed by atoms with Crippen molar-refractivity contribution in [3.05, 3.63) is 185 Å². The van der Waals surface area contributed by atoms with E-state index in [2.05, 4.69) is 11.8 Å². The molecule has 0 spiro atoms. The van der Waals surface area contributed by atoms with Crippen molar-refractivity contribution in [2.75, 3.05) is 13.2 Å². The standard InChI is InChI=1S/C51H54O10/c52-30-44-47(54)48(55)46(53)42(60-44)26-14-25-36-23-13-24-37(29-36)27-28-43-49(57-32-39-17-7-2-8-18-39)51(59-34-41-21-11-4-12-22-41)50(58-33-40-19-9-3-10-20-40)45(61-43)35-56-31-38-15-5-1-6-16-38/h1-25,29,42-55H,26,30-35H2/b25-14+/t42-,43-,44-,45-,46-,47-,48-,49-,50-,51-/m1/s1. The SMILES string of the molecule is OC[C@H]1O[C@H](C/C=C/c2cccc(C#C[C@H]3O[C@H](COCc4ccccc4)[C@@H](OCc4ccccc4)[C@H](OCc4ccccc4)[C@@H]3OCc3ccccc3)c2)[C@@H](O)[C@@H](O)[C@@H]1O. The summed E-state index contributed by atoms with van der Waals surface area (Å²) in [6.45, 7) is 1.08. The van der Waals surface area contributed by atoms with E-state index in [-0.39, 0.29) is 13.0 Å². The number of hydrogen-bond donors (Lipinski definition) is 4. The summed E-state index contributed by atoms with van der Waals surface area (Å²) < 4.78 is 39.3. The van der Waals surface area contributed by atoms with E-state index in [0.717, 1.165) is 33.4 Å². The van der Waals surface area contributed by atoms with Crippen molar-refractivity contribution >= 4 is 6.08 Å². The molecule has 10 atom stereocenters. The number of ether oxygens (including phenoxy) is 6. The molecule has 7 rings (SSSR count). The molecule has 0 aliphatic carbocycles. The zero-order valence-electron chi connectivity index (χ0n) is 34.0. The Kier molecular flexibility index (Phi) is 16.4. The quantitative estimate of drug-likeness (QED) is 0.0825. The summed E-state index contributed by atoms with van der Waals surface area (Å²) in [5, 5.41) is 40.4. The lowest BCUT2D eigenvalue weighted by atomic mass is 9.93. The maximum absolute atomic E-state index is 10.5. The zero-order valence-corrected chi connectivity index (χ0v) is 34.0. The van der Waals surface area contributed by atoms with E-state index in [1.165, 1.54) is 0 Å². The Labute approximate surface area is 357 Å². The van der Waals surface area contributed by atoms with Crippen LogP contribution >= 0.6 is 0 Å². The first-order valence-electron chi connectivity index (χ1n) is 20.8. The van der Waals surface area contributed by atoms with Crippen molar-refractivity contribution in [1.82, 2.24) is 0 Å². The van der Waals surface area contributed by atoms with Gasteiger partial charge in [-0.1, -0.05) is 157 Å². The van der Waals surface area contributed by atoms with Crippen molar-refractivity contribution in [2.24, 2.45) is 0 Å². The molecule has 0 aromatic heterocycles. The summed E-state index contributed by atoms with van der Waals surface area (Å²) >= 11 is 0. The lowest BCUT2D eigenvalue weighted by Gasteiger charge is -2.45. The largest absolute Gasteiger partial charge is 0.394 e. The van der Waals surface area contributed by atoms with Crippen molar-refractivity contribution in [3.63, 3.8) is 0 Å². The van der Waals surface area contributed by atoms with Crippen LogP contribution in [0.4, 0.5) is 0 Å². The smallest absolute Gasteiger partial charge is 0.147 e. The molecule has 2 saturated heterocycles. The molecule has 0 bridgehead atoms. The predicted molar refractivity (Wildman–Crippen MR) is 231 cm³/mol. The lowest BCUT2D eigenvalue weighted by Crippen LogP contribution is -2.60. The molecule has 10 nitrogen and oxygen atoms in total. The molecule has 0 unspecified atom stereocenters. The van der Waals surface area contributed by atoms with Crippen molar-refractivity contribution in [1.29, 1.82) is 0 Å². The van der Waals surface area contributed by atoms with Gasteiger partial charge in [-0.3, -0.25) is 0 Å². The van der Waals surface area contributed by atoms with E-state index in [0.29, 0.717) is 26.4 Å².